The number of para-hydroxylation sites is 1. The molecule has 0 saturated heterocycles. The van der Waals surface area contributed by atoms with Crippen LogP contribution in [0.25, 0.3) is 5.69 Å². The summed E-state index contributed by atoms with van der Waals surface area (Å²) in [7, 11) is 0. The predicted octanol–water partition coefficient (Wildman–Crippen LogP) is 5.39. The second-order valence-electron chi connectivity index (χ2n) is 6.73. The molecule has 0 amide bonds. The van der Waals surface area contributed by atoms with Gasteiger partial charge in [-0.2, -0.15) is 5.10 Å². The van der Waals surface area contributed by atoms with Gasteiger partial charge in [-0.1, -0.05) is 51.8 Å². The van der Waals surface area contributed by atoms with Crippen molar-refractivity contribution in [2.45, 2.75) is 6.92 Å². The van der Waals surface area contributed by atoms with E-state index in [0.717, 1.165) is 15.7 Å². The average molecular weight is 461 g/mol. The van der Waals surface area contributed by atoms with Crippen LogP contribution >= 0.6 is 15.9 Å². The molecule has 1 heterocycles. The van der Waals surface area contributed by atoms with E-state index in [1.54, 1.807) is 53.3 Å². The van der Waals surface area contributed by atoms with Crippen LogP contribution in [0.15, 0.2) is 89.7 Å². The van der Waals surface area contributed by atoms with E-state index >= 15 is 0 Å². The van der Waals surface area contributed by atoms with Crippen LogP contribution in [-0.2, 0) is 0 Å². The predicted molar refractivity (Wildman–Crippen MR) is 117 cm³/mol. The number of esters is 1. The van der Waals surface area contributed by atoms with Gasteiger partial charge in [-0.05, 0) is 49.4 Å². The number of hydrogen-bond acceptors (Lipinski definition) is 4. The molecule has 0 aliphatic carbocycles. The Hall–Kier alpha value is -3.51. The molecule has 6 heteroatoms. The molecule has 3 aromatic carbocycles. The van der Waals surface area contributed by atoms with Crippen molar-refractivity contribution < 1.29 is 14.3 Å². The van der Waals surface area contributed by atoms with E-state index in [9.17, 15) is 9.59 Å². The molecule has 148 valence electrons. The summed E-state index contributed by atoms with van der Waals surface area (Å²) in [5.41, 5.74) is 3.09. The molecule has 0 radical (unpaired) electrons. The fourth-order valence-electron chi connectivity index (χ4n) is 2.95. The Morgan fingerprint density at radius 2 is 1.70 bits per heavy atom. The summed E-state index contributed by atoms with van der Waals surface area (Å²) < 4.78 is 7.94. The van der Waals surface area contributed by atoms with Gasteiger partial charge in [-0.3, -0.25) is 4.79 Å². The monoisotopic (exact) mass is 460 g/mol. The highest BCUT2D eigenvalue weighted by molar-refractivity contribution is 9.10. The number of aryl methyl sites for hydroxylation is 1. The third kappa shape index (κ3) is 4.23. The Balaban J connectivity index is 1.60. The number of halogens is 1. The highest BCUT2D eigenvalue weighted by Gasteiger charge is 2.19. The standard InChI is InChI=1S/C24H17BrN2O3/c1-16-9-11-20(12-10-16)27-15-18(14-26-27)23(28)21-7-2-3-8-22(21)30-24(29)17-5-4-6-19(25)13-17/h2-15H,1H3. The van der Waals surface area contributed by atoms with Crippen LogP contribution < -0.4 is 4.74 Å². The average Bonchev–Trinajstić information content (AvgIpc) is 3.24. The molecule has 0 saturated carbocycles. The lowest BCUT2D eigenvalue weighted by Crippen LogP contribution is -2.12. The molecule has 4 aromatic rings. The maximum atomic E-state index is 13.1. The molecule has 0 bridgehead atoms. The smallest absolute Gasteiger partial charge is 0.343 e. The highest BCUT2D eigenvalue weighted by atomic mass is 79.9. The minimum atomic E-state index is -0.535. The Bertz CT molecular complexity index is 1230. The molecular formula is C24H17BrN2O3. The van der Waals surface area contributed by atoms with Gasteiger partial charge in [0, 0.05) is 10.7 Å². The molecule has 0 spiro atoms. The van der Waals surface area contributed by atoms with Crippen molar-refractivity contribution in [2.24, 2.45) is 0 Å². The van der Waals surface area contributed by atoms with Gasteiger partial charge in [0.05, 0.1) is 28.6 Å². The van der Waals surface area contributed by atoms with Gasteiger partial charge < -0.3 is 4.74 Å². The van der Waals surface area contributed by atoms with Gasteiger partial charge in [0.1, 0.15) is 5.75 Å². The molecule has 0 N–H and O–H groups in total. The van der Waals surface area contributed by atoms with Crippen molar-refractivity contribution >= 4 is 27.7 Å². The first-order chi connectivity index (χ1) is 14.5. The number of ether oxygens (including phenoxy) is 1. The first-order valence-electron chi connectivity index (χ1n) is 9.24. The Morgan fingerprint density at radius 3 is 2.47 bits per heavy atom. The Morgan fingerprint density at radius 1 is 0.933 bits per heavy atom. The maximum absolute atomic E-state index is 13.1. The van der Waals surface area contributed by atoms with Crippen molar-refractivity contribution in [1.82, 2.24) is 9.78 Å². The lowest BCUT2D eigenvalue weighted by molar-refractivity contribution is 0.0733. The van der Waals surface area contributed by atoms with E-state index in [-0.39, 0.29) is 11.5 Å². The van der Waals surface area contributed by atoms with Gasteiger partial charge in [-0.25, -0.2) is 9.48 Å². The second-order valence-corrected chi connectivity index (χ2v) is 7.65. The van der Waals surface area contributed by atoms with Crippen LogP contribution in [0.3, 0.4) is 0 Å². The second kappa shape index (κ2) is 8.47. The number of carbonyl (C=O) groups excluding carboxylic acids is 2. The van der Waals surface area contributed by atoms with E-state index in [2.05, 4.69) is 21.0 Å². The van der Waals surface area contributed by atoms with Crippen molar-refractivity contribution in [3.05, 3.63) is 112 Å². The van der Waals surface area contributed by atoms with E-state index < -0.39 is 5.97 Å². The van der Waals surface area contributed by atoms with E-state index in [0.29, 0.717) is 16.7 Å². The lowest BCUT2D eigenvalue weighted by Gasteiger charge is -2.09. The number of benzene rings is 3. The van der Waals surface area contributed by atoms with Crippen LogP contribution in [0.2, 0.25) is 0 Å². The van der Waals surface area contributed by atoms with Crippen molar-refractivity contribution in [3.8, 4) is 11.4 Å². The summed E-state index contributed by atoms with van der Waals surface area (Å²) in [6.07, 6.45) is 3.18. The zero-order chi connectivity index (χ0) is 21.1. The quantitative estimate of drug-likeness (QED) is 0.227. The van der Waals surface area contributed by atoms with Gasteiger partial charge >= 0.3 is 5.97 Å². The number of ketones is 1. The molecule has 30 heavy (non-hydrogen) atoms. The summed E-state index contributed by atoms with van der Waals surface area (Å²) in [6.45, 7) is 2.01. The maximum Gasteiger partial charge on any atom is 0.343 e. The molecule has 0 atom stereocenters. The summed E-state index contributed by atoms with van der Waals surface area (Å²) in [6, 6.07) is 21.4. The topological polar surface area (TPSA) is 61.2 Å². The summed E-state index contributed by atoms with van der Waals surface area (Å²) in [4.78, 5) is 25.6. The fraction of sp³-hybridized carbons (Fsp3) is 0.0417. The molecule has 4 rings (SSSR count). The van der Waals surface area contributed by atoms with Gasteiger partial charge in [-0.15, -0.1) is 0 Å². The SMILES string of the molecule is Cc1ccc(-n2cc(C(=O)c3ccccc3OC(=O)c3cccc(Br)c3)cn2)cc1. The number of rotatable bonds is 5. The highest BCUT2D eigenvalue weighted by Crippen LogP contribution is 2.24. The normalized spacial score (nSPS) is 10.6. The van der Waals surface area contributed by atoms with Crippen LogP contribution in [0, 0.1) is 6.92 Å². The van der Waals surface area contributed by atoms with E-state index in [1.807, 2.05) is 37.3 Å². The molecule has 1 aromatic heterocycles. The van der Waals surface area contributed by atoms with E-state index in [1.165, 1.54) is 6.20 Å². The van der Waals surface area contributed by atoms with Crippen molar-refractivity contribution in [3.63, 3.8) is 0 Å². The third-order valence-electron chi connectivity index (χ3n) is 4.54. The number of hydrogen-bond donors (Lipinski definition) is 0. The molecule has 5 nitrogen and oxygen atoms in total. The van der Waals surface area contributed by atoms with Crippen molar-refractivity contribution in [1.29, 1.82) is 0 Å². The molecule has 0 fully saturated rings. The van der Waals surface area contributed by atoms with Crippen molar-refractivity contribution in [2.75, 3.05) is 0 Å². The summed E-state index contributed by atoms with van der Waals surface area (Å²) in [5, 5.41) is 4.29. The molecule has 0 aliphatic heterocycles. The Kier molecular flexibility index (Phi) is 5.59. The van der Waals surface area contributed by atoms with Crippen LogP contribution in [0.5, 0.6) is 5.75 Å². The minimum absolute atomic E-state index is 0.204. The molecular weight excluding hydrogens is 444 g/mol. The summed E-state index contributed by atoms with van der Waals surface area (Å²) in [5.74, 6) is -0.603. The molecule has 0 unspecified atom stereocenters. The van der Waals surface area contributed by atoms with Gasteiger partial charge in [0.15, 0.2) is 5.78 Å². The largest absolute Gasteiger partial charge is 0.422 e. The van der Waals surface area contributed by atoms with Crippen LogP contribution in [-0.4, -0.2) is 21.5 Å². The zero-order valence-electron chi connectivity index (χ0n) is 16.1. The van der Waals surface area contributed by atoms with Crippen LogP contribution in [0.4, 0.5) is 0 Å². The van der Waals surface area contributed by atoms with Crippen LogP contribution in [0.1, 0.15) is 31.8 Å². The van der Waals surface area contributed by atoms with E-state index in [4.69, 9.17) is 4.74 Å². The number of nitrogens with zero attached hydrogens (tertiary/aromatic N) is 2. The third-order valence-corrected chi connectivity index (χ3v) is 5.03. The lowest BCUT2D eigenvalue weighted by atomic mass is 10.1. The van der Waals surface area contributed by atoms with Gasteiger partial charge in [0.25, 0.3) is 0 Å². The number of carbonyl (C=O) groups is 2. The summed E-state index contributed by atoms with van der Waals surface area (Å²) >= 11 is 3.34. The minimum Gasteiger partial charge on any atom is -0.422 e. The Labute approximate surface area is 182 Å². The fourth-order valence-corrected chi connectivity index (χ4v) is 3.35. The number of aromatic nitrogens is 2. The zero-order valence-corrected chi connectivity index (χ0v) is 17.7. The van der Waals surface area contributed by atoms with Gasteiger partial charge in [0.2, 0.25) is 0 Å². The molecule has 0 aliphatic rings. The first kappa shape index (κ1) is 19.8. The first-order valence-corrected chi connectivity index (χ1v) is 10.0.